The first kappa shape index (κ1) is 14.2. The van der Waals surface area contributed by atoms with Crippen molar-refractivity contribution in [2.24, 2.45) is 5.92 Å². The summed E-state index contributed by atoms with van der Waals surface area (Å²) in [6.45, 7) is 11.0. The summed E-state index contributed by atoms with van der Waals surface area (Å²) in [5.41, 5.74) is 0.179. The minimum Gasteiger partial charge on any atom is -0.384 e. The van der Waals surface area contributed by atoms with Gasteiger partial charge in [0.05, 0.1) is 0 Å². The van der Waals surface area contributed by atoms with Crippen LogP contribution in [0, 0.1) is 5.92 Å². The second-order valence-electron chi connectivity index (χ2n) is 6.05. The summed E-state index contributed by atoms with van der Waals surface area (Å²) in [5, 5.41) is 14.3. The van der Waals surface area contributed by atoms with Gasteiger partial charge in [-0.25, -0.2) is 0 Å². The highest BCUT2D eigenvalue weighted by Gasteiger charge is 2.33. The summed E-state index contributed by atoms with van der Waals surface area (Å²) in [5.74, 6) is 0.166. The number of rotatable bonds is 4. The molecule has 0 bridgehead atoms. The van der Waals surface area contributed by atoms with Gasteiger partial charge in [0.15, 0.2) is 0 Å². The Morgan fingerprint density at radius 3 is 2.06 bits per heavy atom. The van der Waals surface area contributed by atoms with Crippen molar-refractivity contribution in [1.29, 1.82) is 0 Å². The fraction of sp³-hybridized carbons (Fsp3) is 0.600. The summed E-state index contributed by atoms with van der Waals surface area (Å²) < 4.78 is 0. The van der Waals surface area contributed by atoms with E-state index in [1.165, 1.54) is 0 Å². The van der Waals surface area contributed by atoms with E-state index < -0.39 is 5.60 Å². The maximum Gasteiger partial charge on any atom is 0.104 e. The van der Waals surface area contributed by atoms with Crippen LogP contribution in [0.2, 0.25) is 0 Å². The molecule has 0 aliphatic carbocycles. The number of aliphatic hydroxyl groups is 1. The predicted octanol–water partition coefficient (Wildman–Crippen LogP) is 2.92. The molecular formula is C15H25NO. The lowest BCUT2D eigenvalue weighted by Crippen LogP contribution is -2.48. The first-order valence-electron chi connectivity index (χ1n) is 6.28. The molecule has 1 unspecified atom stereocenters. The van der Waals surface area contributed by atoms with Crippen LogP contribution in [0.15, 0.2) is 30.3 Å². The Morgan fingerprint density at radius 2 is 1.65 bits per heavy atom. The highest BCUT2D eigenvalue weighted by atomic mass is 16.3. The predicted molar refractivity (Wildman–Crippen MR) is 72.9 cm³/mol. The van der Waals surface area contributed by atoms with Crippen LogP contribution >= 0.6 is 0 Å². The summed E-state index contributed by atoms with van der Waals surface area (Å²) in [4.78, 5) is 0. The second-order valence-corrected chi connectivity index (χ2v) is 6.05. The van der Waals surface area contributed by atoms with E-state index in [2.05, 4.69) is 39.9 Å². The zero-order chi connectivity index (χ0) is 13.1. The van der Waals surface area contributed by atoms with Gasteiger partial charge >= 0.3 is 0 Å². The summed E-state index contributed by atoms with van der Waals surface area (Å²) >= 11 is 0. The van der Waals surface area contributed by atoms with Crippen LogP contribution in [-0.2, 0) is 5.60 Å². The van der Waals surface area contributed by atoms with E-state index in [1.54, 1.807) is 0 Å². The van der Waals surface area contributed by atoms with E-state index in [0.717, 1.165) is 5.56 Å². The molecule has 96 valence electrons. The lowest BCUT2D eigenvalue weighted by molar-refractivity contribution is -0.0140. The third-order valence-corrected chi connectivity index (χ3v) is 3.12. The number of benzene rings is 1. The summed E-state index contributed by atoms with van der Waals surface area (Å²) in [7, 11) is 0. The highest BCUT2D eigenvalue weighted by molar-refractivity contribution is 5.23. The van der Waals surface area contributed by atoms with Crippen LogP contribution in [0.4, 0.5) is 0 Å². The van der Waals surface area contributed by atoms with Crippen LogP contribution in [-0.4, -0.2) is 17.2 Å². The Labute approximate surface area is 105 Å². The molecule has 0 aromatic heterocycles. The molecule has 1 aromatic carbocycles. The quantitative estimate of drug-likeness (QED) is 0.841. The Balaban J connectivity index is 2.91. The maximum absolute atomic E-state index is 10.9. The minimum atomic E-state index is -0.811. The Hall–Kier alpha value is -0.860. The number of nitrogens with one attached hydrogen (secondary N) is 1. The zero-order valence-corrected chi connectivity index (χ0v) is 11.6. The SMILES string of the molecule is CC(C)C(O)(CNC(C)(C)C)c1ccccc1. The van der Waals surface area contributed by atoms with E-state index >= 15 is 0 Å². The Morgan fingerprint density at radius 1 is 1.12 bits per heavy atom. The van der Waals surface area contributed by atoms with Crippen LogP contribution < -0.4 is 5.32 Å². The van der Waals surface area contributed by atoms with Crippen LogP contribution in [0.25, 0.3) is 0 Å². The van der Waals surface area contributed by atoms with Crippen LogP contribution in [0.3, 0.4) is 0 Å². The Kier molecular flexibility index (Phi) is 4.34. The largest absolute Gasteiger partial charge is 0.384 e. The summed E-state index contributed by atoms with van der Waals surface area (Å²) in [6, 6.07) is 9.90. The smallest absolute Gasteiger partial charge is 0.104 e. The van der Waals surface area contributed by atoms with Gasteiger partial charge in [0.25, 0.3) is 0 Å². The molecule has 1 aromatic rings. The first-order valence-corrected chi connectivity index (χ1v) is 6.28. The molecular weight excluding hydrogens is 210 g/mol. The van der Waals surface area contributed by atoms with E-state index in [4.69, 9.17) is 0 Å². The van der Waals surface area contributed by atoms with Gasteiger partial charge in [-0.05, 0) is 32.3 Å². The van der Waals surface area contributed by atoms with Gasteiger partial charge in [0.1, 0.15) is 5.60 Å². The van der Waals surface area contributed by atoms with Crippen molar-refractivity contribution < 1.29 is 5.11 Å². The van der Waals surface area contributed by atoms with Crippen molar-refractivity contribution >= 4 is 0 Å². The van der Waals surface area contributed by atoms with Gasteiger partial charge in [0.2, 0.25) is 0 Å². The zero-order valence-electron chi connectivity index (χ0n) is 11.6. The molecule has 2 nitrogen and oxygen atoms in total. The molecule has 0 saturated heterocycles. The molecule has 0 aliphatic rings. The van der Waals surface area contributed by atoms with E-state index in [-0.39, 0.29) is 11.5 Å². The molecule has 1 rings (SSSR count). The maximum atomic E-state index is 10.9. The molecule has 0 radical (unpaired) electrons. The first-order chi connectivity index (χ1) is 7.76. The van der Waals surface area contributed by atoms with Gasteiger partial charge in [0, 0.05) is 12.1 Å². The topological polar surface area (TPSA) is 32.3 Å². The lowest BCUT2D eigenvalue weighted by Gasteiger charge is -2.36. The van der Waals surface area contributed by atoms with Crippen LogP contribution in [0.1, 0.15) is 40.2 Å². The highest BCUT2D eigenvalue weighted by Crippen LogP contribution is 2.29. The molecule has 0 aliphatic heterocycles. The molecule has 0 spiro atoms. The third kappa shape index (κ3) is 3.83. The van der Waals surface area contributed by atoms with E-state index in [1.807, 2.05) is 30.3 Å². The normalized spacial score (nSPS) is 15.9. The van der Waals surface area contributed by atoms with Gasteiger partial charge < -0.3 is 10.4 Å². The standard InChI is InChI=1S/C15H25NO/c1-12(2)15(17,11-16-14(3,4)5)13-9-7-6-8-10-13/h6-10,12,16-17H,11H2,1-5H3. The minimum absolute atomic E-state index is 0.0116. The Bertz CT molecular complexity index is 340. The van der Waals surface area contributed by atoms with Gasteiger partial charge in [-0.2, -0.15) is 0 Å². The molecule has 0 amide bonds. The van der Waals surface area contributed by atoms with Crippen molar-refractivity contribution in [1.82, 2.24) is 5.32 Å². The molecule has 2 heteroatoms. The van der Waals surface area contributed by atoms with E-state index in [9.17, 15) is 5.11 Å². The van der Waals surface area contributed by atoms with Gasteiger partial charge in [-0.3, -0.25) is 0 Å². The monoisotopic (exact) mass is 235 g/mol. The molecule has 17 heavy (non-hydrogen) atoms. The van der Waals surface area contributed by atoms with Crippen LogP contribution in [0.5, 0.6) is 0 Å². The third-order valence-electron chi connectivity index (χ3n) is 3.12. The fourth-order valence-corrected chi connectivity index (χ4v) is 1.77. The lowest BCUT2D eigenvalue weighted by atomic mass is 9.83. The molecule has 2 N–H and O–H groups in total. The van der Waals surface area contributed by atoms with Crippen molar-refractivity contribution in [2.75, 3.05) is 6.54 Å². The van der Waals surface area contributed by atoms with Crippen molar-refractivity contribution in [3.8, 4) is 0 Å². The van der Waals surface area contributed by atoms with Crippen molar-refractivity contribution in [3.05, 3.63) is 35.9 Å². The number of β-amino-alcohol motifs (C(OH)–C–C–N with tert-alkyl or cyclic N) is 1. The van der Waals surface area contributed by atoms with Gasteiger partial charge in [-0.15, -0.1) is 0 Å². The fourth-order valence-electron chi connectivity index (χ4n) is 1.77. The average Bonchev–Trinajstić information content (AvgIpc) is 2.26. The summed E-state index contributed by atoms with van der Waals surface area (Å²) in [6.07, 6.45) is 0. The molecule has 0 saturated carbocycles. The number of hydrogen-bond acceptors (Lipinski definition) is 2. The molecule has 1 atom stereocenters. The average molecular weight is 235 g/mol. The van der Waals surface area contributed by atoms with Crippen molar-refractivity contribution in [2.45, 2.75) is 45.8 Å². The molecule has 0 heterocycles. The van der Waals surface area contributed by atoms with Crippen molar-refractivity contribution in [3.63, 3.8) is 0 Å². The van der Waals surface area contributed by atoms with Gasteiger partial charge in [-0.1, -0.05) is 44.2 Å². The second kappa shape index (κ2) is 5.19. The number of hydrogen-bond donors (Lipinski definition) is 2. The molecule has 0 fully saturated rings. The van der Waals surface area contributed by atoms with E-state index in [0.29, 0.717) is 6.54 Å².